The number of nitrogens with zero attached hydrogens (tertiary/aromatic N) is 1. The van der Waals surface area contributed by atoms with Crippen molar-refractivity contribution in [1.29, 1.82) is 0 Å². The number of carbonyl (C=O) groups is 1. The van der Waals surface area contributed by atoms with Gasteiger partial charge in [-0.15, -0.1) is 0 Å². The third-order valence-electron chi connectivity index (χ3n) is 2.37. The van der Waals surface area contributed by atoms with Gasteiger partial charge in [-0.05, 0) is 19.1 Å². The van der Waals surface area contributed by atoms with Crippen LogP contribution in [0, 0.1) is 6.92 Å². The topological polar surface area (TPSA) is 95.3 Å². The lowest BCUT2D eigenvalue weighted by Crippen LogP contribution is -2.20. The van der Waals surface area contributed by atoms with E-state index in [1.807, 2.05) is 0 Å². The number of aromatic nitrogens is 2. The average Bonchev–Trinajstić information content (AvgIpc) is 2.54. The van der Waals surface area contributed by atoms with Crippen LogP contribution in [0.2, 0.25) is 0 Å². The zero-order valence-corrected chi connectivity index (χ0v) is 8.97. The Hall–Kier alpha value is -2.50. The van der Waals surface area contributed by atoms with Crippen molar-refractivity contribution in [3.63, 3.8) is 0 Å². The molecule has 1 heterocycles. The van der Waals surface area contributed by atoms with Crippen LogP contribution in [0.3, 0.4) is 0 Å². The van der Waals surface area contributed by atoms with Gasteiger partial charge in [0, 0.05) is 11.8 Å². The second-order valence-electron chi connectivity index (χ2n) is 3.58. The zero-order valence-electron chi connectivity index (χ0n) is 8.97. The van der Waals surface area contributed by atoms with Crippen LogP contribution in [-0.4, -0.2) is 26.0 Å². The van der Waals surface area contributed by atoms with E-state index in [0.717, 1.165) is 4.68 Å². The largest absolute Gasteiger partial charge is 0.508 e. The normalized spacial score (nSPS) is 10.4. The second-order valence-corrected chi connectivity index (χ2v) is 3.58. The molecule has 2 aromatic rings. The van der Waals surface area contributed by atoms with Crippen molar-refractivity contribution in [1.82, 2.24) is 9.78 Å². The summed E-state index contributed by atoms with van der Waals surface area (Å²) in [6.07, 6.45) is 0. The number of carboxylic acid groups (broad SMARTS) is 1. The molecule has 0 aliphatic rings. The van der Waals surface area contributed by atoms with E-state index in [2.05, 4.69) is 5.10 Å². The zero-order chi connectivity index (χ0) is 12.6. The molecule has 0 spiro atoms. The van der Waals surface area contributed by atoms with Crippen LogP contribution >= 0.6 is 0 Å². The predicted molar refractivity (Wildman–Crippen MR) is 59.8 cm³/mol. The molecule has 6 heteroatoms. The minimum atomic E-state index is -1.28. The van der Waals surface area contributed by atoms with Crippen molar-refractivity contribution in [3.05, 3.63) is 45.9 Å². The molecule has 0 fully saturated rings. The number of phenolic OH excluding ortho intramolecular Hbond substituents is 1. The maximum Gasteiger partial charge on any atom is 0.343 e. The summed E-state index contributed by atoms with van der Waals surface area (Å²) in [5, 5.41) is 20.8. The molecule has 0 unspecified atom stereocenters. The lowest BCUT2D eigenvalue weighted by atomic mass is 10.2. The molecule has 6 nitrogen and oxygen atoms in total. The summed E-state index contributed by atoms with van der Waals surface area (Å²) in [5.74, 6) is -1.28. The van der Waals surface area contributed by atoms with Gasteiger partial charge in [-0.25, -0.2) is 9.48 Å². The Morgan fingerprint density at radius 1 is 1.41 bits per heavy atom. The highest BCUT2D eigenvalue weighted by molar-refractivity contribution is 5.88. The molecule has 88 valence electrons. The monoisotopic (exact) mass is 234 g/mol. The lowest BCUT2D eigenvalue weighted by Gasteiger charge is -2.01. The van der Waals surface area contributed by atoms with Gasteiger partial charge in [0.1, 0.15) is 11.3 Å². The Bertz CT molecular complexity index is 639. The Balaban J connectivity index is 2.66. The van der Waals surface area contributed by atoms with E-state index in [4.69, 9.17) is 5.11 Å². The fraction of sp³-hybridized carbons (Fsp3) is 0.0909. The number of aromatic amines is 1. The van der Waals surface area contributed by atoms with E-state index < -0.39 is 11.5 Å². The van der Waals surface area contributed by atoms with Gasteiger partial charge in [0.2, 0.25) is 0 Å². The highest BCUT2D eigenvalue weighted by atomic mass is 16.4. The number of aromatic hydroxyl groups is 1. The van der Waals surface area contributed by atoms with E-state index in [1.54, 1.807) is 12.1 Å². The van der Waals surface area contributed by atoms with Gasteiger partial charge in [0.25, 0.3) is 5.56 Å². The first-order valence-electron chi connectivity index (χ1n) is 4.85. The van der Waals surface area contributed by atoms with Crippen molar-refractivity contribution in [2.24, 2.45) is 0 Å². The number of benzene rings is 1. The van der Waals surface area contributed by atoms with Crippen LogP contribution in [-0.2, 0) is 0 Å². The molecule has 0 aliphatic heterocycles. The highest BCUT2D eigenvalue weighted by Crippen LogP contribution is 2.14. The molecule has 0 aliphatic carbocycles. The Kier molecular flexibility index (Phi) is 2.47. The Morgan fingerprint density at radius 2 is 2.12 bits per heavy atom. The van der Waals surface area contributed by atoms with Gasteiger partial charge in [-0.3, -0.25) is 9.89 Å². The number of hydrogen-bond acceptors (Lipinski definition) is 3. The summed E-state index contributed by atoms with van der Waals surface area (Å²) >= 11 is 0. The molecule has 0 atom stereocenters. The fourth-order valence-electron chi connectivity index (χ4n) is 1.61. The van der Waals surface area contributed by atoms with Crippen molar-refractivity contribution in [2.45, 2.75) is 6.92 Å². The number of aromatic carboxylic acids is 1. The van der Waals surface area contributed by atoms with Crippen LogP contribution in [0.4, 0.5) is 0 Å². The SMILES string of the molecule is Cc1[nH]n(-c2cccc(O)c2)c(=O)c1C(=O)O. The molecule has 1 aromatic heterocycles. The predicted octanol–water partition coefficient (Wildman–Crippen LogP) is 0.878. The second kappa shape index (κ2) is 3.82. The van der Waals surface area contributed by atoms with Gasteiger partial charge in [0.15, 0.2) is 0 Å². The molecular weight excluding hydrogens is 224 g/mol. The number of phenols is 1. The third-order valence-corrected chi connectivity index (χ3v) is 2.37. The van der Waals surface area contributed by atoms with E-state index >= 15 is 0 Å². The highest BCUT2D eigenvalue weighted by Gasteiger charge is 2.18. The van der Waals surface area contributed by atoms with E-state index in [-0.39, 0.29) is 17.0 Å². The minimum Gasteiger partial charge on any atom is -0.508 e. The number of hydrogen-bond donors (Lipinski definition) is 3. The minimum absolute atomic E-state index is 0.00136. The quantitative estimate of drug-likeness (QED) is 0.718. The number of H-pyrrole nitrogens is 1. The molecule has 0 saturated carbocycles. The van der Waals surface area contributed by atoms with Crippen molar-refractivity contribution in [2.75, 3.05) is 0 Å². The molecule has 0 saturated heterocycles. The summed E-state index contributed by atoms with van der Waals surface area (Å²) in [6, 6.07) is 5.97. The Labute approximate surface area is 95.7 Å². The number of carboxylic acids is 1. The van der Waals surface area contributed by atoms with Gasteiger partial charge in [-0.2, -0.15) is 0 Å². The number of aryl methyl sites for hydroxylation is 1. The van der Waals surface area contributed by atoms with E-state index in [1.165, 1.54) is 19.1 Å². The average molecular weight is 234 g/mol. The van der Waals surface area contributed by atoms with Crippen molar-refractivity contribution >= 4 is 5.97 Å². The van der Waals surface area contributed by atoms with E-state index in [9.17, 15) is 14.7 Å². The number of nitrogens with one attached hydrogen (secondary N) is 1. The van der Waals surface area contributed by atoms with Crippen LogP contribution in [0.25, 0.3) is 5.69 Å². The molecule has 0 amide bonds. The smallest absolute Gasteiger partial charge is 0.343 e. The van der Waals surface area contributed by atoms with Gasteiger partial charge in [0.05, 0.1) is 5.69 Å². The summed E-state index contributed by atoms with van der Waals surface area (Å²) in [4.78, 5) is 22.7. The summed E-state index contributed by atoms with van der Waals surface area (Å²) in [6.45, 7) is 1.50. The molecular formula is C11H10N2O4. The molecule has 0 bridgehead atoms. The summed E-state index contributed by atoms with van der Waals surface area (Å²) in [5.41, 5.74) is -0.301. The summed E-state index contributed by atoms with van der Waals surface area (Å²) < 4.78 is 1.08. The third kappa shape index (κ3) is 1.80. The Morgan fingerprint density at radius 3 is 2.65 bits per heavy atom. The summed E-state index contributed by atoms with van der Waals surface area (Å²) in [7, 11) is 0. The molecule has 0 radical (unpaired) electrons. The number of rotatable bonds is 2. The first kappa shape index (κ1) is 11.0. The first-order chi connectivity index (χ1) is 8.00. The standard InChI is InChI=1S/C11H10N2O4/c1-6-9(11(16)17)10(15)13(12-6)7-3-2-4-8(14)5-7/h2-5,12,14H,1H3,(H,16,17). The van der Waals surface area contributed by atoms with Gasteiger partial charge < -0.3 is 10.2 Å². The van der Waals surface area contributed by atoms with E-state index in [0.29, 0.717) is 5.69 Å². The fourth-order valence-corrected chi connectivity index (χ4v) is 1.61. The maximum absolute atomic E-state index is 11.8. The van der Waals surface area contributed by atoms with Gasteiger partial charge in [-0.1, -0.05) is 6.07 Å². The first-order valence-corrected chi connectivity index (χ1v) is 4.85. The van der Waals surface area contributed by atoms with Crippen LogP contribution < -0.4 is 5.56 Å². The van der Waals surface area contributed by atoms with Gasteiger partial charge >= 0.3 is 5.97 Å². The lowest BCUT2D eigenvalue weighted by molar-refractivity contribution is 0.0694. The van der Waals surface area contributed by atoms with Crippen molar-refractivity contribution < 1.29 is 15.0 Å². The van der Waals surface area contributed by atoms with Crippen LogP contribution in [0.15, 0.2) is 29.1 Å². The van der Waals surface area contributed by atoms with Crippen LogP contribution in [0.1, 0.15) is 16.1 Å². The van der Waals surface area contributed by atoms with Crippen molar-refractivity contribution in [3.8, 4) is 11.4 Å². The maximum atomic E-state index is 11.8. The molecule has 17 heavy (non-hydrogen) atoms. The molecule has 2 rings (SSSR count). The van der Waals surface area contributed by atoms with Crippen LogP contribution in [0.5, 0.6) is 5.75 Å². The molecule has 3 N–H and O–H groups in total. The molecule has 1 aromatic carbocycles.